The van der Waals surface area contributed by atoms with Gasteiger partial charge in [-0.25, -0.2) is 0 Å². The van der Waals surface area contributed by atoms with Crippen LogP contribution in [0.1, 0.15) is 0 Å². The van der Waals surface area contributed by atoms with Crippen LogP contribution < -0.4 is 0 Å². The predicted octanol–water partition coefficient (Wildman–Crippen LogP) is 5.65. The maximum Gasteiger partial charge on any atom is 0.143 e. The summed E-state index contributed by atoms with van der Waals surface area (Å²) in [4.78, 5) is 0. The zero-order valence-electron chi connectivity index (χ0n) is 12.9. The Labute approximate surface area is 151 Å². The van der Waals surface area contributed by atoms with E-state index in [1.807, 2.05) is 24.3 Å². The third kappa shape index (κ3) is 2.72. The topological polar surface area (TPSA) is 73.8 Å². The van der Waals surface area contributed by atoms with Crippen molar-refractivity contribution in [2.24, 2.45) is 0 Å². The molecule has 0 atom stereocenters. The number of fused-ring (bicyclic) bond motifs is 1. The van der Waals surface area contributed by atoms with Crippen LogP contribution in [0, 0.1) is 0 Å². The summed E-state index contributed by atoms with van der Waals surface area (Å²) < 4.78 is 6.94. The normalized spacial score (nSPS) is 11.1. The quantitative estimate of drug-likeness (QED) is 0.409. The summed E-state index contributed by atoms with van der Waals surface area (Å²) in [6, 6.07) is 16.9. The van der Waals surface area contributed by atoms with E-state index in [1.54, 1.807) is 24.3 Å². The average Bonchev–Trinajstić information content (AvgIpc) is 2.94. The molecule has 0 fully saturated rings. The zero-order valence-corrected chi connectivity index (χ0v) is 14.5. The molecule has 0 spiro atoms. The van der Waals surface area contributed by atoms with Crippen LogP contribution in [0.2, 0.25) is 0 Å². The molecule has 3 aromatic carbocycles. The molecule has 4 rings (SSSR count). The van der Waals surface area contributed by atoms with Crippen LogP contribution in [-0.2, 0) is 0 Å². The highest BCUT2D eigenvalue weighted by atomic mass is 79.9. The smallest absolute Gasteiger partial charge is 0.143 e. The van der Waals surface area contributed by atoms with Crippen LogP contribution in [0.5, 0.6) is 17.2 Å². The van der Waals surface area contributed by atoms with Crippen molar-refractivity contribution >= 4 is 26.9 Å². The molecule has 0 saturated heterocycles. The number of rotatable bonds is 2. The zero-order chi connectivity index (χ0) is 17.6. The highest BCUT2D eigenvalue weighted by Gasteiger charge is 2.20. The minimum atomic E-state index is -0.0471. The fourth-order valence-corrected chi connectivity index (χ4v) is 3.15. The van der Waals surface area contributed by atoms with E-state index in [1.165, 1.54) is 12.1 Å². The number of furan rings is 1. The minimum absolute atomic E-state index is 0.0168. The summed E-state index contributed by atoms with van der Waals surface area (Å²) in [5.74, 6) is 0.616. The molecule has 0 amide bonds. The van der Waals surface area contributed by atoms with Crippen molar-refractivity contribution < 1.29 is 19.7 Å². The van der Waals surface area contributed by atoms with Gasteiger partial charge in [-0.15, -0.1) is 0 Å². The van der Waals surface area contributed by atoms with Crippen molar-refractivity contribution in [3.8, 4) is 39.7 Å². The molecule has 4 nitrogen and oxygen atoms in total. The van der Waals surface area contributed by atoms with Gasteiger partial charge in [0.25, 0.3) is 0 Å². The summed E-state index contributed by atoms with van der Waals surface area (Å²) in [5.41, 5.74) is 2.59. The lowest BCUT2D eigenvalue weighted by molar-refractivity contribution is 0.452. The molecule has 4 aromatic rings. The maximum absolute atomic E-state index is 10.3. The number of phenols is 3. The summed E-state index contributed by atoms with van der Waals surface area (Å²) in [6.45, 7) is 0. The van der Waals surface area contributed by atoms with Gasteiger partial charge in [0.15, 0.2) is 0 Å². The standard InChI is InChI=1S/C20H13BrO4/c21-12-3-1-11(2-4-12)20-19(15-7-5-13(22)9-17(15)24)16-8-6-14(23)10-18(16)25-20/h1-10,22-24H. The number of halogens is 1. The third-order valence-corrected chi connectivity index (χ3v) is 4.56. The molecule has 124 valence electrons. The van der Waals surface area contributed by atoms with Gasteiger partial charge in [0.05, 0.1) is 0 Å². The number of hydrogen-bond donors (Lipinski definition) is 3. The van der Waals surface area contributed by atoms with Gasteiger partial charge in [-0.3, -0.25) is 0 Å². The van der Waals surface area contributed by atoms with Crippen molar-refractivity contribution in [1.29, 1.82) is 0 Å². The van der Waals surface area contributed by atoms with Crippen molar-refractivity contribution in [3.63, 3.8) is 0 Å². The predicted molar refractivity (Wildman–Crippen MR) is 99.8 cm³/mol. The van der Waals surface area contributed by atoms with Gasteiger partial charge in [0, 0.05) is 38.7 Å². The first kappa shape index (κ1) is 15.6. The van der Waals surface area contributed by atoms with Crippen molar-refractivity contribution in [3.05, 3.63) is 65.1 Å². The van der Waals surface area contributed by atoms with E-state index in [0.717, 1.165) is 15.4 Å². The molecule has 1 aromatic heterocycles. The van der Waals surface area contributed by atoms with E-state index in [-0.39, 0.29) is 17.2 Å². The molecule has 0 aliphatic carbocycles. The molecule has 3 N–H and O–H groups in total. The maximum atomic E-state index is 10.3. The highest BCUT2D eigenvalue weighted by molar-refractivity contribution is 9.10. The van der Waals surface area contributed by atoms with E-state index >= 15 is 0 Å². The molecule has 0 unspecified atom stereocenters. The summed E-state index contributed by atoms with van der Waals surface area (Å²) >= 11 is 3.41. The monoisotopic (exact) mass is 396 g/mol. The lowest BCUT2D eigenvalue weighted by atomic mass is 9.97. The Bertz CT molecular complexity index is 1080. The van der Waals surface area contributed by atoms with Crippen LogP contribution in [0.4, 0.5) is 0 Å². The molecule has 0 bridgehead atoms. The minimum Gasteiger partial charge on any atom is -0.508 e. The van der Waals surface area contributed by atoms with Crippen LogP contribution in [-0.4, -0.2) is 15.3 Å². The fraction of sp³-hybridized carbons (Fsp3) is 0. The molecular weight excluding hydrogens is 384 g/mol. The average molecular weight is 397 g/mol. The number of aromatic hydroxyl groups is 3. The first-order valence-electron chi connectivity index (χ1n) is 7.57. The summed E-state index contributed by atoms with van der Waals surface area (Å²) in [7, 11) is 0. The largest absolute Gasteiger partial charge is 0.508 e. The van der Waals surface area contributed by atoms with Crippen molar-refractivity contribution in [2.75, 3.05) is 0 Å². The number of phenolic OH excluding ortho intramolecular Hbond substituents is 3. The SMILES string of the molecule is Oc1ccc(-c2c(-c3ccc(Br)cc3)oc3cc(O)ccc23)c(O)c1. The molecule has 0 radical (unpaired) electrons. The van der Waals surface area contributed by atoms with E-state index in [2.05, 4.69) is 15.9 Å². The van der Waals surface area contributed by atoms with Crippen LogP contribution >= 0.6 is 15.9 Å². The second kappa shape index (κ2) is 5.86. The Hall–Kier alpha value is -2.92. The van der Waals surface area contributed by atoms with Gasteiger partial charge in [-0.2, -0.15) is 0 Å². The lowest BCUT2D eigenvalue weighted by Gasteiger charge is -2.07. The van der Waals surface area contributed by atoms with E-state index in [4.69, 9.17) is 4.42 Å². The number of benzene rings is 3. The summed E-state index contributed by atoms with van der Waals surface area (Å²) in [5, 5.41) is 30.4. The Morgan fingerprint density at radius 3 is 2.16 bits per heavy atom. The second-order valence-electron chi connectivity index (χ2n) is 5.69. The first-order chi connectivity index (χ1) is 12.0. The second-order valence-corrected chi connectivity index (χ2v) is 6.61. The Morgan fingerprint density at radius 1 is 0.760 bits per heavy atom. The lowest BCUT2D eigenvalue weighted by Crippen LogP contribution is -1.82. The third-order valence-electron chi connectivity index (χ3n) is 4.03. The molecule has 0 saturated carbocycles. The molecule has 25 heavy (non-hydrogen) atoms. The van der Waals surface area contributed by atoms with Gasteiger partial charge >= 0.3 is 0 Å². The summed E-state index contributed by atoms with van der Waals surface area (Å²) in [6.07, 6.45) is 0. The number of hydrogen-bond acceptors (Lipinski definition) is 4. The van der Waals surface area contributed by atoms with Crippen molar-refractivity contribution in [2.45, 2.75) is 0 Å². The Kier molecular flexibility index (Phi) is 3.66. The van der Waals surface area contributed by atoms with Gasteiger partial charge < -0.3 is 19.7 Å². The van der Waals surface area contributed by atoms with Crippen LogP contribution in [0.15, 0.2) is 69.6 Å². The van der Waals surface area contributed by atoms with Gasteiger partial charge in [0.2, 0.25) is 0 Å². The van der Waals surface area contributed by atoms with Gasteiger partial charge in [0.1, 0.15) is 28.6 Å². The van der Waals surface area contributed by atoms with E-state index in [0.29, 0.717) is 22.5 Å². The van der Waals surface area contributed by atoms with E-state index in [9.17, 15) is 15.3 Å². The van der Waals surface area contributed by atoms with Crippen molar-refractivity contribution in [1.82, 2.24) is 0 Å². The molecule has 0 aliphatic heterocycles. The van der Waals surface area contributed by atoms with Crippen LogP contribution in [0.3, 0.4) is 0 Å². The molecular formula is C20H13BrO4. The Morgan fingerprint density at radius 2 is 1.44 bits per heavy atom. The van der Waals surface area contributed by atoms with E-state index < -0.39 is 0 Å². The molecule has 5 heteroatoms. The highest BCUT2D eigenvalue weighted by Crippen LogP contribution is 2.45. The van der Waals surface area contributed by atoms with Crippen LogP contribution in [0.25, 0.3) is 33.4 Å². The van der Waals surface area contributed by atoms with Gasteiger partial charge in [-0.05, 0) is 36.4 Å². The van der Waals surface area contributed by atoms with Gasteiger partial charge in [-0.1, -0.05) is 28.1 Å². The molecule has 0 aliphatic rings. The first-order valence-corrected chi connectivity index (χ1v) is 8.36. The molecule has 1 heterocycles. The Balaban J connectivity index is 2.06. The fourth-order valence-electron chi connectivity index (χ4n) is 2.89.